The first-order valence-electron chi connectivity index (χ1n) is 6.27. The van der Waals surface area contributed by atoms with Gasteiger partial charge in [0.25, 0.3) is 0 Å². The third kappa shape index (κ3) is 3.82. The number of anilines is 1. The molecular weight excluding hydrogens is 298 g/mol. The van der Waals surface area contributed by atoms with Crippen LogP contribution in [0.2, 0.25) is 5.02 Å². The van der Waals surface area contributed by atoms with E-state index < -0.39 is 10.0 Å². The maximum Gasteiger partial charge on any atom is 0.211 e. The molecule has 2 rings (SSSR count). The van der Waals surface area contributed by atoms with Gasteiger partial charge in [0, 0.05) is 35.4 Å². The highest BCUT2D eigenvalue weighted by Crippen LogP contribution is 2.23. The Kier molecular flexibility index (Phi) is 4.80. The molecule has 0 fully saturated rings. The van der Waals surface area contributed by atoms with Crippen LogP contribution in [0, 0.1) is 0 Å². The molecule has 2 aromatic rings. The van der Waals surface area contributed by atoms with E-state index in [0.29, 0.717) is 18.1 Å². The first-order chi connectivity index (χ1) is 9.52. The number of nitrogens with zero attached hydrogens (tertiary/aromatic N) is 1. The molecule has 7 heteroatoms. The lowest BCUT2D eigenvalue weighted by atomic mass is 10.2. The van der Waals surface area contributed by atoms with Crippen molar-refractivity contribution >= 4 is 38.2 Å². The van der Waals surface area contributed by atoms with Crippen molar-refractivity contribution in [3.63, 3.8) is 0 Å². The molecule has 0 atom stereocenters. The minimum atomic E-state index is -3.14. The summed E-state index contributed by atoms with van der Waals surface area (Å²) in [4.78, 5) is 4.25. The van der Waals surface area contributed by atoms with Gasteiger partial charge in [-0.05, 0) is 31.2 Å². The number of halogens is 1. The topological polar surface area (TPSA) is 71.1 Å². The highest BCUT2D eigenvalue weighted by molar-refractivity contribution is 7.89. The molecule has 0 amide bonds. The van der Waals surface area contributed by atoms with E-state index in [2.05, 4.69) is 15.0 Å². The van der Waals surface area contributed by atoms with Crippen LogP contribution >= 0.6 is 11.6 Å². The lowest BCUT2D eigenvalue weighted by Gasteiger charge is -2.10. The zero-order valence-corrected chi connectivity index (χ0v) is 12.6. The Labute approximate surface area is 123 Å². The molecule has 0 aliphatic heterocycles. The van der Waals surface area contributed by atoms with E-state index in [1.807, 2.05) is 12.1 Å². The van der Waals surface area contributed by atoms with E-state index >= 15 is 0 Å². The van der Waals surface area contributed by atoms with Crippen LogP contribution in [0.1, 0.15) is 6.92 Å². The van der Waals surface area contributed by atoms with Crippen LogP contribution in [0.4, 0.5) is 5.69 Å². The van der Waals surface area contributed by atoms with Gasteiger partial charge in [0.15, 0.2) is 0 Å². The summed E-state index contributed by atoms with van der Waals surface area (Å²) in [5.74, 6) is 0.0870. The zero-order chi connectivity index (χ0) is 14.6. The van der Waals surface area contributed by atoms with Crippen LogP contribution < -0.4 is 10.0 Å². The van der Waals surface area contributed by atoms with Crippen molar-refractivity contribution in [2.75, 3.05) is 24.2 Å². The first kappa shape index (κ1) is 15.0. The highest BCUT2D eigenvalue weighted by Gasteiger charge is 2.05. The summed E-state index contributed by atoms with van der Waals surface area (Å²) < 4.78 is 25.1. The third-order valence-electron chi connectivity index (χ3n) is 2.85. The molecule has 0 unspecified atom stereocenters. The number of sulfonamides is 1. The average Bonchev–Trinajstić information content (AvgIpc) is 2.43. The molecule has 2 N–H and O–H groups in total. The second-order valence-electron chi connectivity index (χ2n) is 4.24. The van der Waals surface area contributed by atoms with Crippen LogP contribution in [-0.4, -0.2) is 32.2 Å². The molecule has 1 heterocycles. The quantitative estimate of drug-likeness (QED) is 0.802. The van der Waals surface area contributed by atoms with Crippen molar-refractivity contribution in [3.8, 4) is 0 Å². The number of benzene rings is 1. The number of aromatic nitrogens is 1. The third-order valence-corrected chi connectivity index (χ3v) is 4.49. The van der Waals surface area contributed by atoms with Gasteiger partial charge in [-0.25, -0.2) is 13.1 Å². The van der Waals surface area contributed by atoms with Crippen LogP contribution in [0.5, 0.6) is 0 Å². The number of hydrogen-bond donors (Lipinski definition) is 2. The van der Waals surface area contributed by atoms with Crippen molar-refractivity contribution < 1.29 is 8.42 Å². The van der Waals surface area contributed by atoms with Gasteiger partial charge in [-0.1, -0.05) is 11.6 Å². The normalized spacial score (nSPS) is 11.7. The Morgan fingerprint density at radius 3 is 2.80 bits per heavy atom. The van der Waals surface area contributed by atoms with Crippen molar-refractivity contribution in [1.82, 2.24) is 9.71 Å². The fourth-order valence-electron chi connectivity index (χ4n) is 1.78. The summed E-state index contributed by atoms with van der Waals surface area (Å²) in [6, 6.07) is 7.34. The Balaban J connectivity index is 2.04. The molecule has 5 nitrogen and oxygen atoms in total. The van der Waals surface area contributed by atoms with Crippen LogP contribution in [0.15, 0.2) is 30.5 Å². The molecule has 0 saturated heterocycles. The first-order valence-corrected chi connectivity index (χ1v) is 8.30. The average molecular weight is 314 g/mol. The van der Waals surface area contributed by atoms with Gasteiger partial charge in [0.05, 0.1) is 11.3 Å². The summed E-state index contributed by atoms with van der Waals surface area (Å²) in [7, 11) is -3.14. The molecule has 0 aliphatic rings. The summed E-state index contributed by atoms with van der Waals surface area (Å²) in [5.41, 5.74) is 1.71. The van der Waals surface area contributed by atoms with Crippen molar-refractivity contribution in [2.45, 2.75) is 6.92 Å². The smallest absolute Gasteiger partial charge is 0.211 e. The van der Waals surface area contributed by atoms with E-state index in [9.17, 15) is 8.42 Å². The largest absolute Gasteiger partial charge is 0.383 e. The predicted octanol–water partition coefficient (Wildman–Crippen LogP) is 2.24. The molecule has 0 radical (unpaired) electrons. The Bertz CT molecular complexity index is 704. The van der Waals surface area contributed by atoms with Gasteiger partial charge in [-0.3, -0.25) is 4.98 Å². The van der Waals surface area contributed by atoms with Gasteiger partial charge < -0.3 is 5.32 Å². The predicted molar refractivity (Wildman–Crippen MR) is 82.7 cm³/mol. The van der Waals surface area contributed by atoms with Gasteiger partial charge in [0.2, 0.25) is 10.0 Å². The van der Waals surface area contributed by atoms with Gasteiger partial charge in [-0.2, -0.15) is 0 Å². The van der Waals surface area contributed by atoms with Gasteiger partial charge in [0.1, 0.15) is 0 Å². The Morgan fingerprint density at radius 2 is 2.05 bits per heavy atom. The lowest BCUT2D eigenvalue weighted by Crippen LogP contribution is -2.30. The SMILES string of the molecule is CCS(=O)(=O)NCCNc1ccnc2cc(Cl)ccc12. The van der Waals surface area contributed by atoms with E-state index in [0.717, 1.165) is 16.6 Å². The molecule has 108 valence electrons. The molecule has 0 spiro atoms. The van der Waals surface area contributed by atoms with Crippen molar-refractivity contribution in [2.24, 2.45) is 0 Å². The highest BCUT2D eigenvalue weighted by atomic mass is 35.5. The molecular formula is C13H16ClN3O2S. The van der Waals surface area contributed by atoms with Crippen LogP contribution in [0.3, 0.4) is 0 Å². The second kappa shape index (κ2) is 6.39. The molecule has 0 saturated carbocycles. The second-order valence-corrected chi connectivity index (χ2v) is 6.78. The fourth-order valence-corrected chi connectivity index (χ4v) is 2.56. The summed E-state index contributed by atoms with van der Waals surface area (Å²) in [5, 5.41) is 4.78. The minimum Gasteiger partial charge on any atom is -0.383 e. The number of pyridine rings is 1. The molecule has 0 aliphatic carbocycles. The van der Waals surface area contributed by atoms with E-state index in [4.69, 9.17) is 11.6 Å². The number of hydrogen-bond acceptors (Lipinski definition) is 4. The number of nitrogens with one attached hydrogen (secondary N) is 2. The van der Waals surface area contributed by atoms with Crippen molar-refractivity contribution in [3.05, 3.63) is 35.5 Å². The summed E-state index contributed by atoms with van der Waals surface area (Å²) in [6.45, 7) is 2.45. The molecule has 1 aromatic heterocycles. The van der Waals surface area contributed by atoms with E-state index in [1.165, 1.54) is 0 Å². The Morgan fingerprint density at radius 1 is 1.25 bits per heavy atom. The molecule has 1 aromatic carbocycles. The molecule has 0 bridgehead atoms. The number of fused-ring (bicyclic) bond motifs is 1. The van der Waals surface area contributed by atoms with Crippen LogP contribution in [0.25, 0.3) is 10.9 Å². The van der Waals surface area contributed by atoms with Gasteiger partial charge >= 0.3 is 0 Å². The maximum absolute atomic E-state index is 11.3. The number of rotatable bonds is 6. The lowest BCUT2D eigenvalue weighted by molar-refractivity contribution is 0.584. The van der Waals surface area contributed by atoms with Gasteiger partial charge in [-0.15, -0.1) is 0 Å². The van der Waals surface area contributed by atoms with Crippen LogP contribution in [-0.2, 0) is 10.0 Å². The maximum atomic E-state index is 11.3. The standard InChI is InChI=1S/C13H16ClN3O2S/c1-2-20(18,19)17-8-7-16-12-5-6-15-13-9-10(14)3-4-11(12)13/h3-6,9,17H,2,7-8H2,1H3,(H,15,16). The monoisotopic (exact) mass is 313 g/mol. The minimum absolute atomic E-state index is 0.0870. The summed E-state index contributed by atoms with van der Waals surface area (Å²) >= 11 is 5.93. The van der Waals surface area contributed by atoms with E-state index in [-0.39, 0.29) is 5.75 Å². The molecule has 20 heavy (non-hydrogen) atoms. The van der Waals surface area contributed by atoms with E-state index in [1.54, 1.807) is 25.3 Å². The fraction of sp³-hybridized carbons (Fsp3) is 0.308. The Hall–Kier alpha value is -1.37. The summed E-state index contributed by atoms with van der Waals surface area (Å²) in [6.07, 6.45) is 1.69. The van der Waals surface area contributed by atoms with Crippen molar-refractivity contribution in [1.29, 1.82) is 0 Å². The zero-order valence-electron chi connectivity index (χ0n) is 11.1.